The van der Waals surface area contributed by atoms with Gasteiger partial charge in [0.15, 0.2) is 0 Å². The van der Waals surface area contributed by atoms with Gasteiger partial charge in [0.1, 0.15) is 0 Å². The van der Waals surface area contributed by atoms with E-state index in [2.05, 4.69) is 33.3 Å². The molecule has 3 heterocycles. The maximum atomic E-state index is 12.9. The normalized spacial score (nSPS) is 17.3. The maximum Gasteiger partial charge on any atom is 0.241 e. The zero-order valence-corrected chi connectivity index (χ0v) is 18.0. The fourth-order valence-corrected chi connectivity index (χ4v) is 4.93. The number of likely N-dealkylation sites (tertiary alicyclic amines) is 1. The highest BCUT2D eigenvalue weighted by Crippen LogP contribution is 2.28. The smallest absolute Gasteiger partial charge is 0.241 e. The Hall–Kier alpha value is -2.16. The molecule has 4 rings (SSSR count). The third-order valence-corrected chi connectivity index (χ3v) is 6.71. The third kappa shape index (κ3) is 5.07. The van der Waals surface area contributed by atoms with Crippen molar-refractivity contribution in [2.75, 3.05) is 24.2 Å². The van der Waals surface area contributed by atoms with Gasteiger partial charge in [-0.3, -0.25) is 9.69 Å². The first-order chi connectivity index (χ1) is 14.2. The lowest BCUT2D eigenvalue weighted by Crippen LogP contribution is -2.40. The summed E-state index contributed by atoms with van der Waals surface area (Å²) < 4.78 is 5.43. The van der Waals surface area contributed by atoms with Crippen LogP contribution in [0.15, 0.2) is 51.2 Å². The van der Waals surface area contributed by atoms with Gasteiger partial charge in [0.05, 0.1) is 23.0 Å². The summed E-state index contributed by atoms with van der Waals surface area (Å²) >= 11 is 3.33. The summed E-state index contributed by atoms with van der Waals surface area (Å²) in [5, 5.41) is 9.21. The van der Waals surface area contributed by atoms with Crippen LogP contribution in [-0.4, -0.2) is 39.8 Å². The number of thioether (sulfide) groups is 1. The first kappa shape index (κ1) is 20.1. The van der Waals surface area contributed by atoms with Gasteiger partial charge in [-0.15, -0.1) is 23.1 Å². The van der Waals surface area contributed by atoms with Gasteiger partial charge in [-0.25, -0.2) is 0 Å². The number of benzene rings is 1. The maximum absolute atomic E-state index is 12.9. The van der Waals surface area contributed by atoms with Gasteiger partial charge < -0.3 is 9.84 Å². The Morgan fingerprint density at radius 3 is 3.07 bits per heavy atom. The third-order valence-electron chi connectivity index (χ3n) is 4.89. The molecule has 1 aromatic carbocycles. The van der Waals surface area contributed by atoms with Crippen molar-refractivity contribution in [2.45, 2.75) is 31.2 Å². The number of anilines is 1. The molecule has 1 aliphatic rings. The van der Waals surface area contributed by atoms with E-state index in [1.807, 2.05) is 35.7 Å². The molecule has 1 atom stereocenters. The Morgan fingerprint density at radius 2 is 2.24 bits per heavy atom. The Bertz CT molecular complexity index is 942. The molecule has 0 bridgehead atoms. The van der Waals surface area contributed by atoms with Crippen molar-refractivity contribution in [3.8, 4) is 10.7 Å². The van der Waals surface area contributed by atoms with E-state index in [9.17, 15) is 4.79 Å². The van der Waals surface area contributed by atoms with E-state index >= 15 is 0 Å². The van der Waals surface area contributed by atoms with Crippen molar-refractivity contribution in [1.82, 2.24) is 15.0 Å². The monoisotopic (exact) mass is 428 g/mol. The number of nitrogens with one attached hydrogen (secondary N) is 1. The Labute approximate surface area is 178 Å². The van der Waals surface area contributed by atoms with Gasteiger partial charge >= 0.3 is 0 Å². The molecule has 1 amide bonds. The molecular formula is C21H24N4O2S2. The van der Waals surface area contributed by atoms with Crippen LogP contribution in [0.25, 0.3) is 10.7 Å². The minimum absolute atomic E-state index is 0.0388. The van der Waals surface area contributed by atoms with Crippen LogP contribution >= 0.6 is 23.1 Å². The molecule has 8 heteroatoms. The predicted octanol–water partition coefficient (Wildman–Crippen LogP) is 4.76. The topological polar surface area (TPSA) is 71.3 Å². The summed E-state index contributed by atoms with van der Waals surface area (Å²) in [7, 11) is 0. The zero-order chi connectivity index (χ0) is 20.1. The Morgan fingerprint density at radius 1 is 1.34 bits per heavy atom. The van der Waals surface area contributed by atoms with Crippen LogP contribution in [-0.2, 0) is 11.3 Å². The molecule has 29 heavy (non-hydrogen) atoms. The SMILES string of the molecule is CCSc1ccccc1NC(=O)C1CCCN(Cc2nc(-c3cccs3)no2)C1. The standard InChI is InChI=1S/C21H24N4O2S2/c1-2-28-17-9-4-3-8-16(17)22-21(26)15-7-5-11-25(13-15)14-19-23-20(24-27-19)18-10-6-12-29-18/h3-4,6,8-10,12,15H,2,5,7,11,13-14H2,1H3,(H,22,26). The number of carbonyl (C=O) groups is 1. The summed E-state index contributed by atoms with van der Waals surface area (Å²) in [4.78, 5) is 21.7. The minimum atomic E-state index is -0.0388. The van der Waals surface area contributed by atoms with Crippen LogP contribution in [0.4, 0.5) is 5.69 Å². The van der Waals surface area contributed by atoms with Gasteiger partial charge in [0, 0.05) is 11.4 Å². The van der Waals surface area contributed by atoms with Gasteiger partial charge in [0.25, 0.3) is 0 Å². The minimum Gasteiger partial charge on any atom is -0.338 e. The molecule has 1 fully saturated rings. The van der Waals surface area contributed by atoms with E-state index < -0.39 is 0 Å². The van der Waals surface area contributed by atoms with Crippen LogP contribution in [0.3, 0.4) is 0 Å². The van der Waals surface area contributed by atoms with Crippen molar-refractivity contribution in [3.05, 3.63) is 47.7 Å². The van der Waals surface area contributed by atoms with Crippen molar-refractivity contribution in [3.63, 3.8) is 0 Å². The average Bonchev–Trinajstić information content (AvgIpc) is 3.42. The van der Waals surface area contributed by atoms with Gasteiger partial charge in [0.2, 0.25) is 17.6 Å². The predicted molar refractivity (Wildman–Crippen MR) is 117 cm³/mol. The molecule has 1 N–H and O–H groups in total. The van der Waals surface area contributed by atoms with E-state index in [0.717, 1.165) is 40.6 Å². The number of hydrogen-bond acceptors (Lipinski definition) is 7. The lowest BCUT2D eigenvalue weighted by molar-refractivity contribution is -0.121. The molecule has 6 nitrogen and oxygen atoms in total. The highest BCUT2D eigenvalue weighted by Gasteiger charge is 2.27. The van der Waals surface area contributed by atoms with Crippen molar-refractivity contribution in [1.29, 1.82) is 0 Å². The average molecular weight is 429 g/mol. The zero-order valence-electron chi connectivity index (χ0n) is 16.3. The van der Waals surface area contributed by atoms with Crippen LogP contribution < -0.4 is 5.32 Å². The highest BCUT2D eigenvalue weighted by molar-refractivity contribution is 7.99. The molecular weight excluding hydrogens is 404 g/mol. The highest BCUT2D eigenvalue weighted by atomic mass is 32.2. The number of hydrogen-bond donors (Lipinski definition) is 1. The number of aromatic nitrogens is 2. The first-order valence-corrected chi connectivity index (χ1v) is 11.7. The number of nitrogens with zero attached hydrogens (tertiary/aromatic N) is 3. The number of piperidine rings is 1. The molecule has 0 saturated carbocycles. The first-order valence-electron chi connectivity index (χ1n) is 9.84. The summed E-state index contributed by atoms with van der Waals surface area (Å²) in [6, 6.07) is 11.9. The molecule has 1 aliphatic heterocycles. The quantitative estimate of drug-likeness (QED) is 0.547. The molecule has 0 spiro atoms. The second kappa shape index (κ2) is 9.56. The van der Waals surface area contributed by atoms with Crippen LogP contribution in [0.2, 0.25) is 0 Å². The summed E-state index contributed by atoms with van der Waals surface area (Å²) in [5.41, 5.74) is 0.902. The fourth-order valence-electron chi connectivity index (χ4n) is 3.52. The van der Waals surface area contributed by atoms with Gasteiger partial charge in [-0.1, -0.05) is 30.3 Å². The fraction of sp³-hybridized carbons (Fsp3) is 0.381. The van der Waals surface area contributed by atoms with E-state index in [-0.39, 0.29) is 11.8 Å². The second-order valence-corrected chi connectivity index (χ2v) is 9.24. The molecule has 0 radical (unpaired) electrons. The summed E-state index contributed by atoms with van der Waals surface area (Å²) in [5.74, 6) is 2.25. The number of rotatable bonds is 7. The number of carbonyl (C=O) groups excluding carboxylic acids is 1. The molecule has 0 aliphatic carbocycles. The van der Waals surface area contributed by atoms with Crippen molar-refractivity contribution < 1.29 is 9.32 Å². The Kier molecular flexibility index (Phi) is 6.63. The van der Waals surface area contributed by atoms with E-state index in [1.165, 1.54) is 0 Å². The van der Waals surface area contributed by atoms with Crippen LogP contribution in [0.1, 0.15) is 25.7 Å². The molecule has 1 saturated heterocycles. The van der Waals surface area contributed by atoms with E-state index in [0.29, 0.717) is 24.8 Å². The largest absolute Gasteiger partial charge is 0.338 e. The molecule has 3 aromatic rings. The molecule has 1 unspecified atom stereocenters. The van der Waals surface area contributed by atoms with Crippen molar-refractivity contribution >= 4 is 34.7 Å². The lowest BCUT2D eigenvalue weighted by Gasteiger charge is -2.31. The molecule has 2 aromatic heterocycles. The Balaban J connectivity index is 1.36. The second-order valence-electron chi connectivity index (χ2n) is 6.98. The number of amides is 1. The van der Waals surface area contributed by atoms with Crippen LogP contribution in [0.5, 0.6) is 0 Å². The van der Waals surface area contributed by atoms with Gasteiger partial charge in [-0.05, 0) is 48.7 Å². The number of thiophene rings is 1. The summed E-state index contributed by atoms with van der Waals surface area (Å²) in [6.07, 6.45) is 1.88. The van der Waals surface area contributed by atoms with Crippen molar-refractivity contribution in [2.24, 2.45) is 5.92 Å². The van der Waals surface area contributed by atoms with Gasteiger partial charge in [-0.2, -0.15) is 4.98 Å². The van der Waals surface area contributed by atoms with E-state index in [4.69, 9.17) is 4.52 Å². The summed E-state index contributed by atoms with van der Waals surface area (Å²) in [6.45, 7) is 4.32. The molecule has 152 valence electrons. The van der Waals surface area contributed by atoms with E-state index in [1.54, 1.807) is 23.1 Å². The van der Waals surface area contributed by atoms with Crippen LogP contribution in [0, 0.1) is 5.92 Å². The number of para-hydroxylation sites is 1. The lowest BCUT2D eigenvalue weighted by atomic mass is 9.97.